The minimum absolute atomic E-state index is 0.779. The second-order valence-electron chi connectivity index (χ2n) is 4.98. The normalized spacial score (nSPS) is 17.1. The minimum Gasteiger partial charge on any atom is -0.369 e. The van der Waals surface area contributed by atoms with E-state index in [-0.39, 0.29) is 0 Å². The van der Waals surface area contributed by atoms with E-state index in [1.165, 1.54) is 30.9 Å². The summed E-state index contributed by atoms with van der Waals surface area (Å²) in [5, 5.41) is 0. The average molecular weight is 247 g/mol. The van der Waals surface area contributed by atoms with Crippen molar-refractivity contribution in [3.05, 3.63) is 29.8 Å². The van der Waals surface area contributed by atoms with Gasteiger partial charge in [0, 0.05) is 31.9 Å². The molecule has 3 heteroatoms. The van der Waals surface area contributed by atoms with Crippen molar-refractivity contribution in [3.63, 3.8) is 0 Å². The summed E-state index contributed by atoms with van der Waals surface area (Å²) in [5.41, 5.74) is 8.30. The maximum Gasteiger partial charge on any atom is 0.0367 e. The summed E-state index contributed by atoms with van der Waals surface area (Å²) < 4.78 is 0. The summed E-state index contributed by atoms with van der Waals surface area (Å²) >= 11 is 0. The third-order valence-electron chi connectivity index (χ3n) is 3.79. The van der Waals surface area contributed by atoms with E-state index in [0.29, 0.717) is 0 Å². The summed E-state index contributed by atoms with van der Waals surface area (Å²) in [6.07, 6.45) is 2.18. The van der Waals surface area contributed by atoms with Crippen LogP contribution < -0.4 is 10.6 Å². The van der Waals surface area contributed by atoms with Gasteiger partial charge in [-0.1, -0.05) is 19.1 Å². The van der Waals surface area contributed by atoms with Crippen LogP contribution in [0.4, 0.5) is 5.69 Å². The largest absolute Gasteiger partial charge is 0.369 e. The summed E-state index contributed by atoms with van der Waals surface area (Å²) in [4.78, 5) is 4.99. The van der Waals surface area contributed by atoms with Gasteiger partial charge < -0.3 is 15.5 Å². The second kappa shape index (κ2) is 6.76. The van der Waals surface area contributed by atoms with Crippen molar-refractivity contribution >= 4 is 5.69 Å². The van der Waals surface area contributed by atoms with Gasteiger partial charge >= 0.3 is 0 Å². The lowest BCUT2D eigenvalue weighted by atomic mass is 10.1. The van der Waals surface area contributed by atoms with Crippen LogP contribution in [-0.4, -0.2) is 44.2 Å². The Balaban J connectivity index is 1.89. The van der Waals surface area contributed by atoms with E-state index >= 15 is 0 Å². The maximum absolute atomic E-state index is 5.54. The van der Waals surface area contributed by atoms with Gasteiger partial charge in [0.1, 0.15) is 0 Å². The van der Waals surface area contributed by atoms with Crippen molar-refractivity contribution in [2.24, 2.45) is 5.73 Å². The number of benzene rings is 1. The molecule has 1 aromatic rings. The molecule has 0 unspecified atom stereocenters. The molecule has 0 atom stereocenters. The molecule has 1 saturated heterocycles. The van der Waals surface area contributed by atoms with Gasteiger partial charge in [0.15, 0.2) is 0 Å². The number of rotatable bonds is 5. The van der Waals surface area contributed by atoms with Gasteiger partial charge in [-0.3, -0.25) is 0 Å². The van der Waals surface area contributed by atoms with E-state index < -0.39 is 0 Å². The molecule has 3 nitrogen and oxygen atoms in total. The number of nitrogens with zero attached hydrogens (tertiary/aromatic N) is 2. The Bertz CT molecular complexity index is 339. The van der Waals surface area contributed by atoms with Gasteiger partial charge in [-0.15, -0.1) is 0 Å². The molecule has 18 heavy (non-hydrogen) atoms. The lowest BCUT2D eigenvalue weighted by Crippen LogP contribution is -2.46. The molecule has 100 valence electrons. The van der Waals surface area contributed by atoms with E-state index in [1.54, 1.807) is 0 Å². The molecule has 1 fully saturated rings. The molecule has 0 saturated carbocycles. The molecule has 0 amide bonds. The highest BCUT2D eigenvalue weighted by molar-refractivity contribution is 5.48. The minimum atomic E-state index is 0.779. The third-order valence-corrected chi connectivity index (χ3v) is 3.79. The van der Waals surface area contributed by atoms with Gasteiger partial charge in [0.25, 0.3) is 0 Å². The molecule has 2 N–H and O–H groups in total. The van der Waals surface area contributed by atoms with Crippen molar-refractivity contribution in [2.45, 2.75) is 19.8 Å². The first-order valence-corrected chi connectivity index (χ1v) is 7.10. The second-order valence-corrected chi connectivity index (χ2v) is 4.98. The van der Waals surface area contributed by atoms with Crippen LogP contribution in [0.5, 0.6) is 0 Å². The number of aryl methyl sites for hydroxylation is 1. The van der Waals surface area contributed by atoms with Gasteiger partial charge in [-0.25, -0.2) is 0 Å². The zero-order chi connectivity index (χ0) is 12.8. The first-order valence-electron chi connectivity index (χ1n) is 7.10. The molecule has 1 heterocycles. The van der Waals surface area contributed by atoms with E-state index in [0.717, 1.165) is 32.5 Å². The van der Waals surface area contributed by atoms with E-state index in [1.807, 2.05) is 0 Å². The first-order chi connectivity index (χ1) is 8.83. The van der Waals surface area contributed by atoms with Crippen molar-refractivity contribution in [2.75, 3.05) is 44.2 Å². The zero-order valence-electron chi connectivity index (χ0n) is 11.4. The molecule has 0 aliphatic carbocycles. The Morgan fingerprint density at radius 2 is 1.72 bits per heavy atom. The zero-order valence-corrected chi connectivity index (χ0v) is 11.4. The summed E-state index contributed by atoms with van der Waals surface area (Å²) in [6.45, 7) is 8.86. The van der Waals surface area contributed by atoms with E-state index in [9.17, 15) is 0 Å². The van der Waals surface area contributed by atoms with Crippen LogP contribution >= 0.6 is 0 Å². The Morgan fingerprint density at radius 3 is 2.28 bits per heavy atom. The number of anilines is 1. The van der Waals surface area contributed by atoms with Crippen molar-refractivity contribution in [1.29, 1.82) is 0 Å². The van der Waals surface area contributed by atoms with Gasteiger partial charge in [0.2, 0.25) is 0 Å². The smallest absolute Gasteiger partial charge is 0.0367 e. The average Bonchev–Trinajstić information content (AvgIpc) is 2.46. The fourth-order valence-electron chi connectivity index (χ4n) is 2.50. The molecule has 0 radical (unpaired) electrons. The van der Waals surface area contributed by atoms with Gasteiger partial charge in [-0.05, 0) is 43.6 Å². The highest BCUT2D eigenvalue weighted by atomic mass is 15.3. The Labute approximate surface area is 111 Å². The van der Waals surface area contributed by atoms with E-state index in [4.69, 9.17) is 5.73 Å². The topological polar surface area (TPSA) is 32.5 Å². The quantitative estimate of drug-likeness (QED) is 0.860. The van der Waals surface area contributed by atoms with Crippen LogP contribution in [0.25, 0.3) is 0 Å². The summed E-state index contributed by atoms with van der Waals surface area (Å²) in [6, 6.07) is 9.01. The molecule has 1 aromatic carbocycles. The van der Waals surface area contributed by atoms with Crippen molar-refractivity contribution in [3.8, 4) is 0 Å². The molecule has 1 aliphatic rings. The van der Waals surface area contributed by atoms with Crippen LogP contribution in [0.3, 0.4) is 0 Å². The lowest BCUT2D eigenvalue weighted by molar-refractivity contribution is 0.271. The number of likely N-dealkylation sites (N-methyl/N-ethyl adjacent to an activating group) is 1. The molecule has 2 rings (SSSR count). The molecule has 0 spiro atoms. The third kappa shape index (κ3) is 3.47. The standard InChI is InChI=1S/C15H25N3/c1-2-17-10-12-18(13-11-17)15-7-5-14(6-8-15)4-3-9-16/h5-8H,2-4,9-13,16H2,1H3. The van der Waals surface area contributed by atoms with Crippen LogP contribution in [0.1, 0.15) is 18.9 Å². The molecule has 1 aliphatic heterocycles. The number of hydrogen-bond acceptors (Lipinski definition) is 3. The molecule has 0 aromatic heterocycles. The van der Waals surface area contributed by atoms with Gasteiger partial charge in [-0.2, -0.15) is 0 Å². The Kier molecular flexibility index (Phi) is 5.02. The maximum atomic E-state index is 5.54. The number of hydrogen-bond donors (Lipinski definition) is 1. The highest BCUT2D eigenvalue weighted by Gasteiger charge is 2.15. The van der Waals surface area contributed by atoms with Crippen molar-refractivity contribution < 1.29 is 0 Å². The predicted molar refractivity (Wildman–Crippen MR) is 78.1 cm³/mol. The van der Waals surface area contributed by atoms with Crippen LogP contribution in [0.15, 0.2) is 24.3 Å². The predicted octanol–water partition coefficient (Wildman–Crippen LogP) is 1.72. The highest BCUT2D eigenvalue weighted by Crippen LogP contribution is 2.17. The monoisotopic (exact) mass is 247 g/mol. The Morgan fingerprint density at radius 1 is 1.06 bits per heavy atom. The molecular formula is C15H25N3. The van der Waals surface area contributed by atoms with Gasteiger partial charge in [0.05, 0.1) is 0 Å². The van der Waals surface area contributed by atoms with Crippen molar-refractivity contribution in [1.82, 2.24) is 4.90 Å². The van der Waals surface area contributed by atoms with Crippen LogP contribution in [0, 0.1) is 0 Å². The SMILES string of the molecule is CCN1CCN(c2ccc(CCCN)cc2)CC1. The number of nitrogens with two attached hydrogens (primary N) is 1. The fourth-order valence-corrected chi connectivity index (χ4v) is 2.50. The summed E-state index contributed by atoms with van der Waals surface area (Å²) in [7, 11) is 0. The lowest BCUT2D eigenvalue weighted by Gasteiger charge is -2.35. The summed E-state index contributed by atoms with van der Waals surface area (Å²) in [5.74, 6) is 0. The van der Waals surface area contributed by atoms with Crippen LogP contribution in [0.2, 0.25) is 0 Å². The number of piperazine rings is 1. The van der Waals surface area contributed by atoms with E-state index in [2.05, 4.69) is 41.0 Å². The molecular weight excluding hydrogens is 222 g/mol. The Hall–Kier alpha value is -1.06. The van der Waals surface area contributed by atoms with Crippen LogP contribution in [-0.2, 0) is 6.42 Å². The fraction of sp³-hybridized carbons (Fsp3) is 0.600. The first kappa shape index (κ1) is 13.4. The molecule has 0 bridgehead atoms.